The molecule has 0 N–H and O–H groups in total. The van der Waals surface area contributed by atoms with E-state index in [1.807, 2.05) is 0 Å². The second kappa shape index (κ2) is 4.69. The summed E-state index contributed by atoms with van der Waals surface area (Å²) in [5, 5.41) is 5.72. The predicted molar refractivity (Wildman–Crippen MR) is 115 cm³/mol. The standard InChI is InChI=1S/C28H22/c1-2-6-16-10-20-19(9-15(16)5-1)23-13-24(20)28-26-14-25(27(23)28)21-11-17-7-3-4-8-18(17)12-22(21)26/h1-12,23-28H,13-14H2/t23-,24+,25+,26-,27?,28?. The molecular formula is C28H22. The molecule has 0 aromatic heterocycles. The Hall–Kier alpha value is -2.60. The molecule has 2 unspecified atom stereocenters. The summed E-state index contributed by atoms with van der Waals surface area (Å²) in [6, 6.07) is 28.1. The van der Waals surface area contributed by atoms with Crippen LogP contribution in [0.15, 0.2) is 72.8 Å². The number of benzene rings is 4. The van der Waals surface area contributed by atoms with Gasteiger partial charge in [-0.05, 0) is 92.1 Å². The molecule has 4 aliphatic rings. The molecule has 4 aromatic rings. The quantitative estimate of drug-likeness (QED) is 0.294. The zero-order valence-corrected chi connectivity index (χ0v) is 15.8. The predicted octanol–water partition coefficient (Wildman–Crippen LogP) is 7.09. The maximum atomic E-state index is 2.54. The molecule has 0 amide bonds. The Balaban J connectivity index is 1.32. The van der Waals surface area contributed by atoms with Crippen molar-refractivity contribution in [3.63, 3.8) is 0 Å². The molecule has 4 bridgehead atoms. The Labute approximate surface area is 165 Å². The van der Waals surface area contributed by atoms with Gasteiger partial charge >= 0.3 is 0 Å². The first-order chi connectivity index (χ1) is 13.9. The highest BCUT2D eigenvalue weighted by Gasteiger charge is 2.63. The number of hydrogen-bond acceptors (Lipinski definition) is 0. The Bertz CT molecular complexity index is 1110. The number of fused-ring (bicyclic) bond motifs is 17. The first kappa shape index (κ1) is 14.4. The van der Waals surface area contributed by atoms with Crippen molar-refractivity contribution >= 4 is 21.5 Å². The van der Waals surface area contributed by atoms with Crippen molar-refractivity contribution in [2.45, 2.75) is 36.5 Å². The molecule has 6 atom stereocenters. The van der Waals surface area contributed by atoms with Gasteiger partial charge in [0, 0.05) is 0 Å². The zero-order chi connectivity index (χ0) is 18.0. The fourth-order valence-corrected chi connectivity index (χ4v) is 7.98. The van der Waals surface area contributed by atoms with E-state index in [4.69, 9.17) is 0 Å². The second-order valence-electron chi connectivity index (χ2n) is 9.71. The van der Waals surface area contributed by atoms with Gasteiger partial charge in [-0.25, -0.2) is 0 Å². The van der Waals surface area contributed by atoms with Gasteiger partial charge in [-0.15, -0.1) is 0 Å². The van der Waals surface area contributed by atoms with Crippen LogP contribution in [0.5, 0.6) is 0 Å². The molecule has 0 heteroatoms. The smallest absolute Gasteiger partial charge is 0.0116 e. The first-order valence-electron chi connectivity index (χ1n) is 10.9. The lowest BCUT2D eigenvalue weighted by Gasteiger charge is -2.37. The summed E-state index contributed by atoms with van der Waals surface area (Å²) in [4.78, 5) is 0. The lowest BCUT2D eigenvalue weighted by atomic mass is 9.66. The summed E-state index contributed by atoms with van der Waals surface area (Å²) in [7, 11) is 0. The van der Waals surface area contributed by atoms with Crippen molar-refractivity contribution in [1.29, 1.82) is 0 Å². The summed E-state index contributed by atoms with van der Waals surface area (Å²) in [5.74, 6) is 4.96. The number of hydrogen-bond donors (Lipinski definition) is 0. The minimum atomic E-state index is 0.796. The summed E-state index contributed by atoms with van der Waals surface area (Å²) >= 11 is 0. The SMILES string of the molecule is c1ccc2cc3c(cc2c1)[C@H]1C[C@@H]3C2C1[C@H]1C[C@@H]2c2cc3ccccc3cc21. The molecule has 0 radical (unpaired) electrons. The molecule has 28 heavy (non-hydrogen) atoms. The van der Waals surface area contributed by atoms with Crippen molar-refractivity contribution in [2.24, 2.45) is 11.8 Å². The van der Waals surface area contributed by atoms with Crippen LogP contribution >= 0.6 is 0 Å². The average molecular weight is 358 g/mol. The van der Waals surface area contributed by atoms with Crippen LogP contribution in [-0.4, -0.2) is 0 Å². The summed E-state index contributed by atoms with van der Waals surface area (Å²) in [5.41, 5.74) is 6.78. The van der Waals surface area contributed by atoms with Crippen molar-refractivity contribution < 1.29 is 0 Å². The van der Waals surface area contributed by atoms with Gasteiger partial charge in [-0.2, -0.15) is 0 Å². The van der Waals surface area contributed by atoms with Crippen molar-refractivity contribution in [1.82, 2.24) is 0 Å². The summed E-state index contributed by atoms with van der Waals surface area (Å²) < 4.78 is 0. The lowest BCUT2D eigenvalue weighted by Crippen LogP contribution is -2.26. The molecule has 0 heterocycles. The Morgan fingerprint density at radius 3 is 1.00 bits per heavy atom. The van der Waals surface area contributed by atoms with Crippen molar-refractivity contribution in [3.05, 3.63) is 95.1 Å². The maximum Gasteiger partial charge on any atom is -0.0116 e. The molecule has 134 valence electrons. The van der Waals surface area contributed by atoms with E-state index in [9.17, 15) is 0 Å². The second-order valence-corrected chi connectivity index (χ2v) is 9.71. The topological polar surface area (TPSA) is 0 Å². The molecule has 0 nitrogen and oxygen atoms in total. The van der Waals surface area contributed by atoms with Gasteiger partial charge in [0.15, 0.2) is 0 Å². The molecule has 2 fully saturated rings. The highest BCUT2D eigenvalue weighted by molar-refractivity contribution is 5.86. The third-order valence-corrected chi connectivity index (χ3v) is 8.82. The van der Waals surface area contributed by atoms with Gasteiger partial charge in [-0.3, -0.25) is 0 Å². The Morgan fingerprint density at radius 1 is 0.429 bits per heavy atom. The number of rotatable bonds is 0. The fraction of sp³-hybridized carbons (Fsp3) is 0.286. The minimum Gasteiger partial charge on any atom is -0.0616 e. The lowest BCUT2D eigenvalue weighted by molar-refractivity contribution is 0.320. The zero-order valence-electron chi connectivity index (χ0n) is 15.8. The van der Waals surface area contributed by atoms with Gasteiger partial charge in [0.25, 0.3) is 0 Å². The third-order valence-electron chi connectivity index (χ3n) is 8.82. The van der Waals surface area contributed by atoms with E-state index >= 15 is 0 Å². The van der Waals surface area contributed by atoms with Crippen LogP contribution < -0.4 is 0 Å². The van der Waals surface area contributed by atoms with E-state index in [2.05, 4.69) is 72.8 Å². The van der Waals surface area contributed by atoms with Crippen LogP contribution in [0, 0.1) is 11.8 Å². The van der Waals surface area contributed by atoms with Gasteiger partial charge in [0.05, 0.1) is 0 Å². The van der Waals surface area contributed by atoms with Gasteiger partial charge in [0.2, 0.25) is 0 Å². The van der Waals surface area contributed by atoms with Crippen molar-refractivity contribution in [3.8, 4) is 0 Å². The first-order valence-corrected chi connectivity index (χ1v) is 10.9. The van der Waals surface area contributed by atoms with E-state index in [1.54, 1.807) is 22.3 Å². The Kier molecular flexibility index (Phi) is 2.41. The minimum absolute atomic E-state index is 0.796. The van der Waals surface area contributed by atoms with E-state index < -0.39 is 0 Å². The van der Waals surface area contributed by atoms with E-state index in [1.165, 1.54) is 34.4 Å². The van der Waals surface area contributed by atoms with Crippen LogP contribution in [-0.2, 0) is 0 Å². The molecule has 4 aromatic carbocycles. The normalized spacial score (nSPS) is 33.4. The van der Waals surface area contributed by atoms with Crippen LogP contribution in [0.2, 0.25) is 0 Å². The largest absolute Gasteiger partial charge is 0.0616 e. The third kappa shape index (κ3) is 1.54. The molecule has 8 rings (SSSR count). The van der Waals surface area contributed by atoms with Gasteiger partial charge in [0.1, 0.15) is 0 Å². The van der Waals surface area contributed by atoms with E-state index in [-0.39, 0.29) is 0 Å². The van der Waals surface area contributed by atoms with Crippen LogP contribution in [0.3, 0.4) is 0 Å². The van der Waals surface area contributed by atoms with Gasteiger partial charge < -0.3 is 0 Å². The van der Waals surface area contributed by atoms with Crippen LogP contribution in [0.25, 0.3) is 21.5 Å². The van der Waals surface area contributed by atoms with E-state index in [0.29, 0.717) is 0 Å². The van der Waals surface area contributed by atoms with Crippen LogP contribution in [0.1, 0.15) is 58.8 Å². The summed E-state index contributed by atoms with van der Waals surface area (Å²) in [6.07, 6.45) is 2.81. The van der Waals surface area contributed by atoms with E-state index in [0.717, 1.165) is 35.5 Å². The van der Waals surface area contributed by atoms with Gasteiger partial charge in [-0.1, -0.05) is 72.8 Å². The molecule has 0 saturated heterocycles. The monoisotopic (exact) mass is 358 g/mol. The fourth-order valence-electron chi connectivity index (χ4n) is 7.98. The molecule has 2 saturated carbocycles. The molecule has 4 aliphatic carbocycles. The molecular weight excluding hydrogens is 336 g/mol. The highest BCUT2D eigenvalue weighted by atomic mass is 14.7. The van der Waals surface area contributed by atoms with Crippen LogP contribution in [0.4, 0.5) is 0 Å². The average Bonchev–Trinajstić information content (AvgIpc) is 3.48. The van der Waals surface area contributed by atoms with Crippen molar-refractivity contribution in [2.75, 3.05) is 0 Å². The maximum absolute atomic E-state index is 2.54. The highest BCUT2D eigenvalue weighted by Crippen LogP contribution is 2.74. The molecule has 0 spiro atoms. The molecule has 0 aliphatic heterocycles. The summed E-state index contributed by atoms with van der Waals surface area (Å²) in [6.45, 7) is 0. The Morgan fingerprint density at radius 2 is 0.714 bits per heavy atom.